The van der Waals surface area contributed by atoms with Gasteiger partial charge in [-0.2, -0.15) is 0 Å². The molecule has 1 aliphatic heterocycles. The number of aliphatic hydroxyl groups excluding tert-OH is 1. The molecule has 1 atom stereocenters. The predicted molar refractivity (Wildman–Crippen MR) is 126 cm³/mol. The van der Waals surface area contributed by atoms with E-state index in [1.165, 1.54) is 42.6 Å². The first-order chi connectivity index (χ1) is 15.9. The minimum Gasteiger partial charge on any atom is -0.507 e. The molecule has 0 spiro atoms. The Hall–Kier alpha value is -3.36. The first-order valence-electron chi connectivity index (χ1n) is 10.0. The lowest BCUT2D eigenvalue weighted by Crippen LogP contribution is -2.29. The van der Waals surface area contributed by atoms with Crippen LogP contribution in [0.25, 0.3) is 5.76 Å². The van der Waals surface area contributed by atoms with Crippen LogP contribution in [0, 0.1) is 6.92 Å². The molecule has 1 fully saturated rings. The van der Waals surface area contributed by atoms with Gasteiger partial charge in [0.15, 0.2) is 0 Å². The van der Waals surface area contributed by atoms with E-state index in [-0.39, 0.29) is 34.2 Å². The number of benzene rings is 1. The molecule has 0 aliphatic carbocycles. The number of carbonyl (C=O) groups is 2. The fraction of sp³-hybridized carbons (Fsp3) is 0.208. The Morgan fingerprint density at radius 1 is 1.18 bits per heavy atom. The number of hydrogen-bond acceptors (Lipinski definition) is 7. The number of pyridine rings is 1. The van der Waals surface area contributed by atoms with Crippen molar-refractivity contribution in [1.82, 2.24) is 9.88 Å². The molecule has 1 N–H and O–H groups in total. The molecule has 3 aromatic rings. The molecule has 0 bridgehead atoms. The highest BCUT2D eigenvalue weighted by atomic mass is 35.5. The molecule has 1 aliphatic rings. The zero-order chi connectivity index (χ0) is 23.7. The summed E-state index contributed by atoms with van der Waals surface area (Å²) in [4.78, 5) is 32.9. The summed E-state index contributed by atoms with van der Waals surface area (Å²) in [6.07, 6.45) is 1.63. The number of amides is 1. The summed E-state index contributed by atoms with van der Waals surface area (Å²) in [7, 11) is 2.89. The third-order valence-electron chi connectivity index (χ3n) is 5.48. The molecule has 1 amide bonds. The number of aliphatic hydroxyl groups is 1. The van der Waals surface area contributed by atoms with Crippen LogP contribution in [-0.4, -0.2) is 40.9 Å². The van der Waals surface area contributed by atoms with E-state index in [2.05, 4.69) is 4.98 Å². The number of thiophene rings is 1. The van der Waals surface area contributed by atoms with Crippen LogP contribution in [0.1, 0.15) is 27.7 Å². The average Bonchev–Trinajstić information content (AvgIpc) is 3.35. The molecular formula is C24H21ClN2O5S. The van der Waals surface area contributed by atoms with Gasteiger partial charge >= 0.3 is 0 Å². The van der Waals surface area contributed by atoms with Crippen molar-refractivity contribution in [2.24, 2.45) is 0 Å². The molecule has 170 valence electrons. The number of methoxy groups -OCH3 is 2. The van der Waals surface area contributed by atoms with E-state index in [9.17, 15) is 14.7 Å². The van der Waals surface area contributed by atoms with Crippen molar-refractivity contribution in [3.05, 3.63) is 80.3 Å². The van der Waals surface area contributed by atoms with E-state index in [1.54, 1.807) is 18.3 Å². The van der Waals surface area contributed by atoms with E-state index >= 15 is 0 Å². The van der Waals surface area contributed by atoms with Crippen LogP contribution in [0.4, 0.5) is 0 Å². The number of carbonyl (C=O) groups excluding carboxylic acids is 2. The van der Waals surface area contributed by atoms with Gasteiger partial charge in [-0.05, 0) is 42.1 Å². The second-order valence-corrected chi connectivity index (χ2v) is 8.76. The van der Waals surface area contributed by atoms with Crippen LogP contribution in [-0.2, 0) is 16.1 Å². The smallest absolute Gasteiger partial charge is 0.296 e. The molecular weight excluding hydrogens is 464 g/mol. The largest absolute Gasteiger partial charge is 0.507 e. The number of halogens is 1. The van der Waals surface area contributed by atoms with Gasteiger partial charge in [0, 0.05) is 17.1 Å². The van der Waals surface area contributed by atoms with Gasteiger partial charge in [0.1, 0.15) is 23.3 Å². The Bertz CT molecular complexity index is 1250. The Morgan fingerprint density at radius 2 is 1.94 bits per heavy atom. The number of nitrogens with zero attached hydrogens (tertiary/aromatic N) is 2. The fourth-order valence-corrected chi connectivity index (χ4v) is 5.12. The normalized spacial score (nSPS) is 17.5. The number of rotatable bonds is 6. The summed E-state index contributed by atoms with van der Waals surface area (Å²) < 4.78 is 10.6. The number of aromatic nitrogens is 1. The van der Waals surface area contributed by atoms with Crippen LogP contribution in [0.3, 0.4) is 0 Å². The van der Waals surface area contributed by atoms with Crippen molar-refractivity contribution < 1.29 is 24.2 Å². The number of likely N-dealkylation sites (tertiary alicyclic amines) is 1. The maximum Gasteiger partial charge on any atom is 0.296 e. The fourth-order valence-electron chi connectivity index (χ4n) is 3.84. The highest BCUT2D eigenvalue weighted by molar-refractivity contribution is 7.10. The van der Waals surface area contributed by atoms with E-state index < -0.39 is 17.7 Å². The lowest BCUT2D eigenvalue weighted by Gasteiger charge is -2.24. The Kier molecular flexibility index (Phi) is 6.40. The zero-order valence-electron chi connectivity index (χ0n) is 18.2. The second kappa shape index (κ2) is 9.25. The maximum atomic E-state index is 13.2. The first kappa shape index (κ1) is 22.8. The van der Waals surface area contributed by atoms with Crippen molar-refractivity contribution in [3.8, 4) is 11.5 Å². The number of ether oxygens (including phenoxy) is 2. The van der Waals surface area contributed by atoms with E-state index in [0.29, 0.717) is 11.4 Å². The Labute approximate surface area is 199 Å². The van der Waals surface area contributed by atoms with Crippen molar-refractivity contribution in [3.63, 3.8) is 0 Å². The van der Waals surface area contributed by atoms with Gasteiger partial charge in [-0.3, -0.25) is 14.6 Å². The van der Waals surface area contributed by atoms with Crippen molar-refractivity contribution in [2.75, 3.05) is 14.2 Å². The number of aryl methyl sites for hydroxylation is 1. The quantitative estimate of drug-likeness (QED) is 0.309. The topological polar surface area (TPSA) is 89.0 Å². The third-order valence-corrected chi connectivity index (χ3v) is 6.84. The van der Waals surface area contributed by atoms with Crippen molar-refractivity contribution >= 4 is 40.4 Å². The third kappa shape index (κ3) is 4.07. The highest BCUT2D eigenvalue weighted by Gasteiger charge is 2.47. The number of hydrogen-bond donors (Lipinski definition) is 1. The highest BCUT2D eigenvalue weighted by Crippen LogP contribution is 2.45. The standard InChI is InChI=1S/C24H21ClN2O5S/c1-13-7-9-33-23(13)20-19(21(28)15-10-16(25)18(32-3)11-17(15)31-2)22(29)24(30)27(20)12-14-6-4-5-8-26-14/h4-11,20,28H,12H2,1-3H3/b21-19+. The summed E-state index contributed by atoms with van der Waals surface area (Å²) in [5.41, 5.74) is 1.70. The van der Waals surface area contributed by atoms with E-state index in [1.807, 2.05) is 24.4 Å². The summed E-state index contributed by atoms with van der Waals surface area (Å²) in [6, 6.07) is 9.48. The SMILES string of the molecule is COc1cc(OC)c(/C(O)=C2\C(=O)C(=O)N(Cc3ccccn3)C2c2sccc2C)cc1Cl. The molecule has 3 heterocycles. The number of ketones is 1. The molecule has 7 nitrogen and oxygen atoms in total. The molecule has 2 aromatic heterocycles. The van der Waals surface area contributed by atoms with Crippen molar-refractivity contribution in [1.29, 1.82) is 0 Å². The molecule has 1 aromatic carbocycles. The maximum absolute atomic E-state index is 13.2. The molecule has 9 heteroatoms. The monoisotopic (exact) mass is 484 g/mol. The minimum atomic E-state index is -0.782. The lowest BCUT2D eigenvalue weighted by molar-refractivity contribution is -0.140. The minimum absolute atomic E-state index is 0.0268. The Morgan fingerprint density at radius 3 is 2.55 bits per heavy atom. The van der Waals surface area contributed by atoms with Gasteiger partial charge < -0.3 is 19.5 Å². The first-order valence-corrected chi connectivity index (χ1v) is 11.3. The predicted octanol–water partition coefficient (Wildman–Crippen LogP) is 4.74. The second-order valence-electron chi connectivity index (χ2n) is 7.40. The molecule has 33 heavy (non-hydrogen) atoms. The summed E-state index contributed by atoms with van der Waals surface area (Å²) >= 11 is 7.70. The van der Waals surface area contributed by atoms with Gasteiger partial charge in [-0.25, -0.2) is 0 Å². The van der Waals surface area contributed by atoms with Crippen LogP contribution in [0.5, 0.6) is 11.5 Å². The van der Waals surface area contributed by atoms with Gasteiger partial charge in [0.05, 0.1) is 42.6 Å². The zero-order valence-corrected chi connectivity index (χ0v) is 19.7. The molecule has 0 saturated carbocycles. The van der Waals surface area contributed by atoms with Crippen LogP contribution >= 0.6 is 22.9 Å². The molecule has 1 saturated heterocycles. The molecule has 0 radical (unpaired) electrons. The van der Waals surface area contributed by atoms with Gasteiger partial charge in [0.25, 0.3) is 11.7 Å². The van der Waals surface area contributed by atoms with Crippen LogP contribution in [0.2, 0.25) is 5.02 Å². The summed E-state index contributed by atoms with van der Waals surface area (Å²) in [5.74, 6) is -1.25. The van der Waals surface area contributed by atoms with Gasteiger partial charge in [0.2, 0.25) is 0 Å². The van der Waals surface area contributed by atoms with E-state index in [4.69, 9.17) is 21.1 Å². The lowest BCUT2D eigenvalue weighted by atomic mass is 9.97. The van der Waals surface area contributed by atoms with Crippen LogP contribution < -0.4 is 9.47 Å². The summed E-state index contributed by atoms with van der Waals surface area (Å²) in [5, 5.41) is 13.5. The van der Waals surface area contributed by atoms with Gasteiger partial charge in [-0.15, -0.1) is 11.3 Å². The molecule has 4 rings (SSSR count). The Balaban J connectivity index is 1.91. The number of Topliss-reactive ketones (excluding diaryl/α,β-unsaturated/α-hetero) is 1. The van der Waals surface area contributed by atoms with E-state index in [0.717, 1.165) is 10.4 Å². The van der Waals surface area contributed by atoms with Crippen molar-refractivity contribution in [2.45, 2.75) is 19.5 Å². The summed E-state index contributed by atoms with van der Waals surface area (Å²) in [6.45, 7) is 2.02. The average molecular weight is 485 g/mol. The van der Waals surface area contributed by atoms with Gasteiger partial charge in [-0.1, -0.05) is 17.7 Å². The molecule has 1 unspecified atom stereocenters. The van der Waals surface area contributed by atoms with Crippen LogP contribution in [0.15, 0.2) is 53.5 Å².